The van der Waals surface area contributed by atoms with Gasteiger partial charge in [0.1, 0.15) is 0 Å². The number of carbonyl (C=O) groups is 1. The van der Waals surface area contributed by atoms with Crippen molar-refractivity contribution < 1.29 is 4.79 Å². The highest BCUT2D eigenvalue weighted by Crippen LogP contribution is 2.17. The van der Waals surface area contributed by atoms with E-state index in [1.807, 2.05) is 30.3 Å². The maximum atomic E-state index is 12.2. The van der Waals surface area contributed by atoms with E-state index in [1.54, 1.807) is 11.3 Å². The molecular formula is C19H25N3OS. The summed E-state index contributed by atoms with van der Waals surface area (Å²) >= 11 is 1.77. The van der Waals surface area contributed by atoms with E-state index in [0.717, 1.165) is 50.9 Å². The Balaban J connectivity index is 1.44. The van der Waals surface area contributed by atoms with Crippen molar-refractivity contribution in [3.05, 3.63) is 52.0 Å². The van der Waals surface area contributed by atoms with Crippen LogP contribution >= 0.6 is 11.3 Å². The van der Waals surface area contributed by atoms with Gasteiger partial charge in [0.25, 0.3) is 5.91 Å². The molecule has 1 saturated heterocycles. The van der Waals surface area contributed by atoms with Crippen LogP contribution in [0.1, 0.15) is 47.2 Å². The lowest BCUT2D eigenvalue weighted by Gasteiger charge is -2.31. The quantitative estimate of drug-likeness (QED) is 0.873. The minimum atomic E-state index is 0.0396. The van der Waals surface area contributed by atoms with Crippen molar-refractivity contribution in [3.63, 3.8) is 0 Å². The summed E-state index contributed by atoms with van der Waals surface area (Å²) in [6.45, 7) is 5.15. The molecule has 128 valence electrons. The Kier molecular flexibility index (Phi) is 5.99. The number of aryl methyl sites for hydroxylation is 1. The molecule has 0 bridgehead atoms. The number of rotatable bonds is 6. The number of benzene rings is 1. The van der Waals surface area contributed by atoms with Gasteiger partial charge in [0, 0.05) is 36.6 Å². The maximum Gasteiger partial charge on any atom is 0.251 e. The van der Waals surface area contributed by atoms with Gasteiger partial charge < -0.3 is 5.32 Å². The number of aromatic nitrogens is 1. The van der Waals surface area contributed by atoms with Gasteiger partial charge in [-0.3, -0.25) is 9.69 Å². The fraction of sp³-hybridized carbons (Fsp3) is 0.474. The van der Waals surface area contributed by atoms with E-state index in [4.69, 9.17) is 4.98 Å². The first-order chi connectivity index (χ1) is 11.7. The van der Waals surface area contributed by atoms with Gasteiger partial charge in [0.2, 0.25) is 0 Å². The van der Waals surface area contributed by atoms with Crippen molar-refractivity contribution in [2.45, 2.75) is 45.2 Å². The van der Waals surface area contributed by atoms with Crippen LogP contribution in [0.3, 0.4) is 0 Å². The topological polar surface area (TPSA) is 45.2 Å². The molecule has 1 aromatic carbocycles. The highest BCUT2D eigenvalue weighted by Gasteiger charge is 2.21. The fourth-order valence-corrected chi connectivity index (χ4v) is 3.96. The normalized spacial score (nSPS) is 16.2. The maximum absolute atomic E-state index is 12.2. The molecule has 1 aliphatic heterocycles. The average Bonchev–Trinajstić information content (AvgIpc) is 3.05. The Morgan fingerprint density at radius 1 is 1.29 bits per heavy atom. The van der Waals surface area contributed by atoms with Crippen molar-refractivity contribution in [2.24, 2.45) is 0 Å². The fourth-order valence-electron chi connectivity index (χ4n) is 3.07. The molecule has 1 amide bonds. The first-order valence-electron chi connectivity index (χ1n) is 8.76. The monoisotopic (exact) mass is 343 g/mol. The number of piperidine rings is 1. The second kappa shape index (κ2) is 8.40. The van der Waals surface area contributed by atoms with E-state index in [-0.39, 0.29) is 11.9 Å². The van der Waals surface area contributed by atoms with Crippen molar-refractivity contribution in [1.29, 1.82) is 0 Å². The average molecular weight is 343 g/mol. The molecule has 24 heavy (non-hydrogen) atoms. The lowest BCUT2D eigenvalue weighted by Crippen LogP contribution is -2.44. The van der Waals surface area contributed by atoms with E-state index >= 15 is 0 Å². The zero-order valence-corrected chi connectivity index (χ0v) is 15.0. The number of amides is 1. The summed E-state index contributed by atoms with van der Waals surface area (Å²) in [6.07, 6.45) is 4.24. The molecule has 1 aliphatic rings. The highest BCUT2D eigenvalue weighted by molar-refractivity contribution is 7.09. The predicted octanol–water partition coefficient (Wildman–Crippen LogP) is 3.49. The van der Waals surface area contributed by atoms with Gasteiger partial charge in [-0.25, -0.2) is 4.98 Å². The van der Waals surface area contributed by atoms with Gasteiger partial charge in [-0.15, -0.1) is 11.3 Å². The largest absolute Gasteiger partial charge is 0.349 e. The molecule has 0 radical (unpaired) electrons. The van der Waals surface area contributed by atoms with Crippen molar-refractivity contribution in [1.82, 2.24) is 15.2 Å². The van der Waals surface area contributed by atoms with Gasteiger partial charge in [-0.2, -0.15) is 0 Å². The zero-order valence-electron chi connectivity index (χ0n) is 14.2. The molecule has 4 nitrogen and oxygen atoms in total. The molecule has 0 spiro atoms. The van der Waals surface area contributed by atoms with E-state index in [2.05, 4.69) is 22.5 Å². The third kappa shape index (κ3) is 4.65. The summed E-state index contributed by atoms with van der Waals surface area (Å²) < 4.78 is 0. The SMILES string of the molecule is CCCc1nc(CN2CCC(NC(=O)c3ccccc3)CC2)cs1. The van der Waals surface area contributed by atoms with E-state index in [9.17, 15) is 4.79 Å². The standard InChI is InChI=1S/C19H25N3OS/c1-2-6-18-20-17(14-24-18)13-22-11-9-16(10-12-22)21-19(23)15-7-4-3-5-8-15/h3-5,7-8,14,16H,2,6,9-13H2,1H3,(H,21,23). The van der Waals surface area contributed by atoms with Gasteiger partial charge in [0.15, 0.2) is 0 Å². The lowest BCUT2D eigenvalue weighted by molar-refractivity contribution is 0.0908. The lowest BCUT2D eigenvalue weighted by atomic mass is 10.0. The minimum absolute atomic E-state index is 0.0396. The molecule has 2 aromatic rings. The molecule has 5 heteroatoms. The van der Waals surface area contributed by atoms with Crippen LogP contribution in [0.15, 0.2) is 35.7 Å². The predicted molar refractivity (Wildman–Crippen MR) is 98.3 cm³/mol. The third-order valence-corrected chi connectivity index (χ3v) is 5.36. The molecule has 1 fully saturated rings. The van der Waals surface area contributed by atoms with Crippen molar-refractivity contribution >= 4 is 17.2 Å². The molecule has 0 atom stereocenters. The summed E-state index contributed by atoms with van der Waals surface area (Å²) in [4.78, 5) is 19.4. The first-order valence-corrected chi connectivity index (χ1v) is 9.64. The third-order valence-electron chi connectivity index (χ3n) is 4.41. The van der Waals surface area contributed by atoms with Crippen molar-refractivity contribution in [2.75, 3.05) is 13.1 Å². The molecule has 0 unspecified atom stereocenters. The number of likely N-dealkylation sites (tertiary alicyclic amines) is 1. The molecule has 1 N–H and O–H groups in total. The highest BCUT2D eigenvalue weighted by atomic mass is 32.1. The summed E-state index contributed by atoms with van der Waals surface area (Å²) in [5, 5.41) is 6.60. The molecule has 0 aliphatic carbocycles. The number of hydrogen-bond donors (Lipinski definition) is 1. The number of nitrogens with one attached hydrogen (secondary N) is 1. The number of hydrogen-bond acceptors (Lipinski definition) is 4. The molecule has 2 heterocycles. The van der Waals surface area contributed by atoms with Gasteiger partial charge >= 0.3 is 0 Å². The van der Waals surface area contributed by atoms with Gasteiger partial charge in [-0.1, -0.05) is 25.1 Å². The Morgan fingerprint density at radius 2 is 2.04 bits per heavy atom. The van der Waals surface area contributed by atoms with Crippen LogP contribution in [0.5, 0.6) is 0 Å². The number of carbonyl (C=O) groups excluding carboxylic acids is 1. The Hall–Kier alpha value is -1.72. The van der Waals surface area contributed by atoms with Crippen LogP contribution in [0.2, 0.25) is 0 Å². The van der Waals surface area contributed by atoms with Crippen molar-refractivity contribution in [3.8, 4) is 0 Å². The van der Waals surface area contributed by atoms with Gasteiger partial charge in [-0.05, 0) is 37.8 Å². The second-order valence-electron chi connectivity index (χ2n) is 6.37. The smallest absolute Gasteiger partial charge is 0.251 e. The number of nitrogens with zero attached hydrogens (tertiary/aromatic N) is 2. The van der Waals surface area contributed by atoms with Crippen LogP contribution in [-0.2, 0) is 13.0 Å². The van der Waals surface area contributed by atoms with E-state index in [1.165, 1.54) is 10.7 Å². The summed E-state index contributed by atoms with van der Waals surface area (Å²) in [5.41, 5.74) is 1.93. The molecule has 1 aromatic heterocycles. The van der Waals surface area contributed by atoms with Crippen LogP contribution in [0.4, 0.5) is 0 Å². The minimum Gasteiger partial charge on any atom is -0.349 e. The number of thiazole rings is 1. The van der Waals surface area contributed by atoms with Crippen LogP contribution < -0.4 is 5.32 Å². The Morgan fingerprint density at radius 3 is 2.75 bits per heavy atom. The second-order valence-corrected chi connectivity index (χ2v) is 7.32. The Labute approximate surface area is 147 Å². The summed E-state index contributed by atoms with van der Waals surface area (Å²) in [5.74, 6) is 0.0396. The van der Waals surface area contributed by atoms with E-state index in [0.29, 0.717) is 0 Å². The van der Waals surface area contributed by atoms with E-state index < -0.39 is 0 Å². The molecule has 0 saturated carbocycles. The summed E-state index contributed by atoms with van der Waals surface area (Å²) in [7, 11) is 0. The first kappa shape index (κ1) is 17.1. The van der Waals surface area contributed by atoms with Crippen LogP contribution in [0.25, 0.3) is 0 Å². The molecular weight excluding hydrogens is 318 g/mol. The van der Waals surface area contributed by atoms with Crippen LogP contribution in [0, 0.1) is 0 Å². The Bertz CT molecular complexity index is 648. The van der Waals surface area contributed by atoms with Gasteiger partial charge in [0.05, 0.1) is 10.7 Å². The molecule has 3 rings (SSSR count). The zero-order chi connectivity index (χ0) is 16.8. The summed E-state index contributed by atoms with van der Waals surface area (Å²) in [6, 6.07) is 9.73. The van der Waals surface area contributed by atoms with Crippen LogP contribution in [-0.4, -0.2) is 34.9 Å².